The van der Waals surface area contributed by atoms with Crippen LogP contribution in [-0.4, -0.2) is 35.1 Å². The molecule has 1 aromatic rings. The summed E-state index contributed by atoms with van der Waals surface area (Å²) in [5.74, 6) is 2.65. The summed E-state index contributed by atoms with van der Waals surface area (Å²) >= 11 is 0. The van der Waals surface area contributed by atoms with Gasteiger partial charge in [-0.1, -0.05) is 19.9 Å². The van der Waals surface area contributed by atoms with Crippen molar-refractivity contribution in [1.29, 1.82) is 0 Å². The van der Waals surface area contributed by atoms with Crippen molar-refractivity contribution >= 4 is 12.0 Å². The zero-order chi connectivity index (χ0) is 19.7. The fraction of sp³-hybridized carbons (Fsp3) is 0.625. The van der Waals surface area contributed by atoms with Crippen LogP contribution in [0.4, 0.5) is 0 Å². The second kappa shape index (κ2) is 6.09. The SMILES string of the molecule is CN1C(=O)C=C[C@]2(C)[C@H]3CC[C@]4(C)[C@@H](O)/C(=C\c5ccco5)C[C@H]4[C@@H]3CC[C@@H]12. The number of fused-ring (bicyclic) bond motifs is 5. The second-order valence-electron chi connectivity index (χ2n) is 10.0. The van der Waals surface area contributed by atoms with E-state index in [4.69, 9.17) is 4.42 Å². The first-order valence-electron chi connectivity index (χ1n) is 10.7. The van der Waals surface area contributed by atoms with Gasteiger partial charge in [0.25, 0.3) is 0 Å². The molecular weight excluding hydrogens is 350 g/mol. The van der Waals surface area contributed by atoms with Crippen molar-refractivity contribution in [3.8, 4) is 0 Å². The highest BCUT2D eigenvalue weighted by Gasteiger charge is 2.61. The fourth-order valence-corrected chi connectivity index (χ4v) is 7.29. The van der Waals surface area contributed by atoms with Crippen molar-refractivity contribution in [3.63, 3.8) is 0 Å². The fourth-order valence-electron chi connectivity index (χ4n) is 7.29. The Hall–Kier alpha value is -1.81. The van der Waals surface area contributed by atoms with Gasteiger partial charge in [-0.3, -0.25) is 4.79 Å². The lowest BCUT2D eigenvalue weighted by atomic mass is 9.48. The molecule has 3 fully saturated rings. The number of carbonyl (C=O) groups excluding carboxylic acids is 1. The summed E-state index contributed by atoms with van der Waals surface area (Å²) in [6.45, 7) is 4.66. The quantitative estimate of drug-likeness (QED) is 0.790. The zero-order valence-electron chi connectivity index (χ0n) is 17.1. The summed E-state index contributed by atoms with van der Waals surface area (Å²) in [6.07, 6.45) is 12.7. The largest absolute Gasteiger partial charge is 0.465 e. The Morgan fingerprint density at radius 2 is 2.07 bits per heavy atom. The number of rotatable bonds is 1. The standard InChI is InChI=1S/C24H31NO3/c1-23-11-9-21(26)25(3)20(23)7-6-17-18(23)8-10-24(2)19(17)14-15(22(24)27)13-16-5-4-12-28-16/h4-5,9,11-13,17-20,22,27H,6-8,10,14H2,1-3H3/b15-13-/t17-,18+,19+,20-,22+,23-,24+/m1/s1. The summed E-state index contributed by atoms with van der Waals surface area (Å²) in [6, 6.07) is 4.16. The molecule has 1 aromatic heterocycles. The molecule has 3 saturated carbocycles. The minimum absolute atomic E-state index is 0.0470. The molecule has 1 aliphatic heterocycles. The van der Waals surface area contributed by atoms with Gasteiger partial charge in [0.2, 0.25) is 5.91 Å². The Morgan fingerprint density at radius 1 is 1.25 bits per heavy atom. The van der Waals surface area contributed by atoms with Crippen molar-refractivity contribution in [3.05, 3.63) is 41.9 Å². The molecule has 0 aromatic carbocycles. The van der Waals surface area contributed by atoms with Crippen LogP contribution >= 0.6 is 0 Å². The van der Waals surface area contributed by atoms with E-state index in [2.05, 4.69) is 26.0 Å². The molecule has 1 N–H and O–H groups in total. The average molecular weight is 382 g/mol. The number of amides is 1. The smallest absolute Gasteiger partial charge is 0.246 e. The molecule has 3 aliphatic carbocycles. The van der Waals surface area contributed by atoms with Crippen molar-refractivity contribution in [2.75, 3.05) is 7.05 Å². The lowest BCUT2D eigenvalue weighted by molar-refractivity contribution is -0.140. The number of carbonyl (C=O) groups is 1. The molecule has 150 valence electrons. The highest BCUT2D eigenvalue weighted by Crippen LogP contribution is 2.64. The molecule has 0 spiro atoms. The maximum absolute atomic E-state index is 12.2. The molecule has 0 saturated heterocycles. The molecule has 4 aliphatic rings. The van der Waals surface area contributed by atoms with E-state index in [1.165, 1.54) is 0 Å². The van der Waals surface area contributed by atoms with Gasteiger partial charge >= 0.3 is 0 Å². The third-order valence-corrected chi connectivity index (χ3v) is 8.87. The third kappa shape index (κ3) is 2.36. The van der Waals surface area contributed by atoms with Gasteiger partial charge in [0.1, 0.15) is 5.76 Å². The van der Waals surface area contributed by atoms with Crippen LogP contribution in [0.2, 0.25) is 0 Å². The third-order valence-electron chi connectivity index (χ3n) is 8.87. The molecule has 2 heterocycles. The molecule has 0 unspecified atom stereocenters. The van der Waals surface area contributed by atoms with Crippen LogP contribution in [-0.2, 0) is 4.79 Å². The topological polar surface area (TPSA) is 53.7 Å². The van der Waals surface area contributed by atoms with Crippen LogP contribution < -0.4 is 0 Å². The minimum Gasteiger partial charge on any atom is -0.465 e. The molecule has 7 atom stereocenters. The van der Waals surface area contributed by atoms with Crippen LogP contribution in [0.5, 0.6) is 0 Å². The van der Waals surface area contributed by atoms with Crippen LogP contribution in [0.3, 0.4) is 0 Å². The summed E-state index contributed by atoms with van der Waals surface area (Å²) in [5.41, 5.74) is 1.12. The minimum atomic E-state index is -0.389. The Labute approximate surface area is 167 Å². The maximum atomic E-state index is 12.2. The second-order valence-corrected chi connectivity index (χ2v) is 10.0. The van der Waals surface area contributed by atoms with Gasteiger partial charge in [-0.2, -0.15) is 0 Å². The number of hydrogen-bond acceptors (Lipinski definition) is 3. The van der Waals surface area contributed by atoms with Crippen molar-refractivity contribution in [1.82, 2.24) is 4.90 Å². The van der Waals surface area contributed by atoms with Gasteiger partial charge in [0.15, 0.2) is 0 Å². The van der Waals surface area contributed by atoms with Gasteiger partial charge in [-0.15, -0.1) is 0 Å². The maximum Gasteiger partial charge on any atom is 0.246 e. The van der Waals surface area contributed by atoms with Gasteiger partial charge < -0.3 is 14.4 Å². The number of likely N-dealkylation sites (N-methyl/N-ethyl adjacent to an activating group) is 1. The Morgan fingerprint density at radius 3 is 2.82 bits per heavy atom. The van der Waals surface area contributed by atoms with Crippen molar-refractivity contribution in [2.24, 2.45) is 28.6 Å². The first-order chi connectivity index (χ1) is 13.3. The number of furan rings is 1. The van der Waals surface area contributed by atoms with E-state index >= 15 is 0 Å². The Balaban J connectivity index is 1.49. The summed E-state index contributed by atoms with van der Waals surface area (Å²) < 4.78 is 5.51. The zero-order valence-corrected chi connectivity index (χ0v) is 17.1. The van der Waals surface area contributed by atoms with Crippen LogP contribution in [0.1, 0.15) is 51.7 Å². The van der Waals surface area contributed by atoms with Crippen molar-refractivity contribution in [2.45, 2.75) is 58.1 Å². The van der Waals surface area contributed by atoms with Crippen LogP contribution in [0.15, 0.2) is 40.5 Å². The predicted octanol–water partition coefficient (Wildman–Crippen LogP) is 4.27. The van der Waals surface area contributed by atoms with Crippen molar-refractivity contribution < 1.29 is 14.3 Å². The van der Waals surface area contributed by atoms with Gasteiger partial charge in [-0.05, 0) is 79.7 Å². The van der Waals surface area contributed by atoms with Crippen LogP contribution in [0.25, 0.3) is 6.08 Å². The number of hydrogen-bond donors (Lipinski definition) is 1. The average Bonchev–Trinajstić information content (AvgIpc) is 3.27. The molecule has 5 rings (SSSR count). The van der Waals surface area contributed by atoms with Gasteiger partial charge in [0.05, 0.1) is 12.4 Å². The van der Waals surface area contributed by atoms with E-state index in [9.17, 15) is 9.90 Å². The van der Waals surface area contributed by atoms with Crippen LogP contribution in [0, 0.1) is 28.6 Å². The molecule has 28 heavy (non-hydrogen) atoms. The van der Waals surface area contributed by atoms with Gasteiger partial charge in [0, 0.05) is 23.9 Å². The molecule has 0 radical (unpaired) electrons. The Bertz CT molecular complexity index is 840. The molecular formula is C24H31NO3. The molecule has 1 amide bonds. The van der Waals surface area contributed by atoms with E-state index < -0.39 is 0 Å². The van der Waals surface area contributed by atoms with E-state index in [1.54, 1.807) is 12.3 Å². The highest BCUT2D eigenvalue weighted by atomic mass is 16.3. The monoisotopic (exact) mass is 381 g/mol. The molecule has 4 nitrogen and oxygen atoms in total. The normalized spacial score (nSPS) is 46.4. The first-order valence-corrected chi connectivity index (χ1v) is 10.7. The van der Waals surface area contributed by atoms with Gasteiger partial charge in [-0.25, -0.2) is 0 Å². The first kappa shape index (κ1) is 18.2. The van der Waals surface area contributed by atoms with E-state index in [0.717, 1.165) is 43.4 Å². The lowest BCUT2D eigenvalue weighted by Gasteiger charge is -2.59. The lowest BCUT2D eigenvalue weighted by Crippen LogP contribution is -2.59. The van der Waals surface area contributed by atoms with E-state index in [0.29, 0.717) is 23.8 Å². The predicted molar refractivity (Wildman–Crippen MR) is 108 cm³/mol. The summed E-state index contributed by atoms with van der Waals surface area (Å²) in [5, 5.41) is 11.2. The summed E-state index contributed by atoms with van der Waals surface area (Å²) in [7, 11) is 1.96. The van der Waals surface area contributed by atoms with E-state index in [-0.39, 0.29) is 22.8 Å². The summed E-state index contributed by atoms with van der Waals surface area (Å²) in [4.78, 5) is 14.2. The van der Waals surface area contributed by atoms with E-state index in [1.807, 2.05) is 24.1 Å². The molecule has 4 heteroatoms. The number of aliphatic hydroxyl groups is 1. The highest BCUT2D eigenvalue weighted by molar-refractivity contribution is 5.89. The number of aliphatic hydroxyl groups excluding tert-OH is 1. The Kier molecular flexibility index (Phi) is 3.97. The number of nitrogens with zero attached hydrogens (tertiary/aromatic N) is 1. The molecule has 0 bridgehead atoms.